The quantitative estimate of drug-likeness (QED) is 0.656. The summed E-state index contributed by atoms with van der Waals surface area (Å²) in [6.07, 6.45) is 0. The van der Waals surface area contributed by atoms with Gasteiger partial charge in [0.05, 0.1) is 9.82 Å². The lowest BCUT2D eigenvalue weighted by Crippen LogP contribution is -2.27. The third-order valence-corrected chi connectivity index (χ3v) is 5.47. The van der Waals surface area contributed by atoms with Crippen LogP contribution in [0.2, 0.25) is 5.02 Å². The minimum Gasteiger partial charge on any atom is -0.258 e. The van der Waals surface area contributed by atoms with Gasteiger partial charge in [-0.25, -0.2) is 13.1 Å². The lowest BCUT2D eigenvalue weighted by atomic mass is 10.1. The summed E-state index contributed by atoms with van der Waals surface area (Å²) in [5.41, 5.74) is 0.482. The minimum absolute atomic E-state index is 0.0939. The Hall–Kier alpha value is -1.96. The number of hydrogen-bond acceptors (Lipinski definition) is 4. The van der Waals surface area contributed by atoms with Crippen molar-refractivity contribution in [1.29, 1.82) is 0 Å². The van der Waals surface area contributed by atoms with Gasteiger partial charge in [0.15, 0.2) is 0 Å². The zero-order valence-corrected chi connectivity index (χ0v) is 14.1. The molecule has 6 nitrogen and oxygen atoms in total. The minimum atomic E-state index is -3.92. The maximum atomic E-state index is 12.5. The Balaban J connectivity index is 2.39. The van der Waals surface area contributed by atoms with Crippen molar-refractivity contribution in [3.63, 3.8) is 0 Å². The van der Waals surface area contributed by atoms with E-state index in [1.165, 1.54) is 25.1 Å². The second-order valence-electron chi connectivity index (χ2n) is 5.02. The first-order valence-electron chi connectivity index (χ1n) is 6.75. The Morgan fingerprint density at radius 3 is 2.43 bits per heavy atom. The summed E-state index contributed by atoms with van der Waals surface area (Å²) in [4.78, 5) is 10.2. The van der Waals surface area contributed by atoms with E-state index >= 15 is 0 Å². The first kappa shape index (κ1) is 17.4. The normalized spacial score (nSPS) is 12.8. The van der Waals surface area contributed by atoms with Crippen LogP contribution in [0.4, 0.5) is 5.69 Å². The van der Waals surface area contributed by atoms with E-state index in [1.807, 2.05) is 0 Å². The Morgan fingerprint density at radius 1 is 1.17 bits per heavy atom. The smallest absolute Gasteiger partial charge is 0.258 e. The van der Waals surface area contributed by atoms with Gasteiger partial charge in [-0.1, -0.05) is 35.9 Å². The molecule has 0 saturated heterocycles. The van der Waals surface area contributed by atoms with Crippen molar-refractivity contribution in [3.8, 4) is 0 Å². The molecule has 2 aromatic rings. The summed E-state index contributed by atoms with van der Waals surface area (Å²) in [5, 5.41) is 11.4. The standard InChI is InChI=1S/C15H15ClN2O4S/c1-10-14(18(19)20)8-5-9-15(10)23(21,22)17-11(2)12-6-3-4-7-13(12)16/h3-9,11,17H,1-2H3. The molecule has 2 aromatic carbocycles. The van der Waals surface area contributed by atoms with Gasteiger partial charge >= 0.3 is 0 Å². The monoisotopic (exact) mass is 354 g/mol. The van der Waals surface area contributed by atoms with Gasteiger partial charge in [-0.15, -0.1) is 0 Å². The molecule has 0 spiro atoms. The topological polar surface area (TPSA) is 89.3 Å². The maximum absolute atomic E-state index is 12.5. The predicted octanol–water partition coefficient (Wildman–Crippen LogP) is 3.60. The zero-order chi connectivity index (χ0) is 17.2. The summed E-state index contributed by atoms with van der Waals surface area (Å²) in [6, 6.07) is 10.3. The number of rotatable bonds is 5. The summed E-state index contributed by atoms with van der Waals surface area (Å²) < 4.78 is 27.6. The number of hydrogen-bond donors (Lipinski definition) is 1. The van der Waals surface area contributed by atoms with E-state index in [1.54, 1.807) is 31.2 Å². The van der Waals surface area contributed by atoms with E-state index in [-0.39, 0.29) is 16.1 Å². The molecule has 8 heteroatoms. The molecule has 0 saturated carbocycles. The van der Waals surface area contributed by atoms with Crippen molar-refractivity contribution in [2.75, 3.05) is 0 Å². The van der Waals surface area contributed by atoms with Crippen LogP contribution >= 0.6 is 11.6 Å². The van der Waals surface area contributed by atoms with Crippen LogP contribution in [0.15, 0.2) is 47.4 Å². The van der Waals surface area contributed by atoms with Gasteiger partial charge in [-0.05, 0) is 31.5 Å². The fraction of sp³-hybridized carbons (Fsp3) is 0.200. The molecule has 0 aliphatic carbocycles. The molecular weight excluding hydrogens is 340 g/mol. The number of halogens is 1. The number of nitrogens with zero attached hydrogens (tertiary/aromatic N) is 1. The molecule has 0 aliphatic heterocycles. The van der Waals surface area contributed by atoms with E-state index in [9.17, 15) is 18.5 Å². The largest absolute Gasteiger partial charge is 0.273 e. The number of nitro benzene ring substituents is 1. The Kier molecular flexibility index (Phi) is 5.03. The molecule has 1 N–H and O–H groups in total. The molecule has 1 unspecified atom stereocenters. The molecule has 0 radical (unpaired) electrons. The van der Waals surface area contributed by atoms with Crippen LogP contribution < -0.4 is 4.72 Å². The summed E-state index contributed by atoms with van der Waals surface area (Å²) in [5.74, 6) is 0. The van der Waals surface area contributed by atoms with Crippen LogP contribution in [0.1, 0.15) is 24.1 Å². The lowest BCUT2D eigenvalue weighted by Gasteiger charge is -2.16. The molecule has 0 bridgehead atoms. The summed E-state index contributed by atoms with van der Waals surface area (Å²) in [6.45, 7) is 3.07. The second kappa shape index (κ2) is 6.66. The molecule has 2 rings (SSSR count). The third kappa shape index (κ3) is 3.69. The van der Waals surface area contributed by atoms with E-state index in [4.69, 9.17) is 11.6 Å². The zero-order valence-electron chi connectivity index (χ0n) is 12.5. The SMILES string of the molecule is Cc1c([N+](=O)[O-])cccc1S(=O)(=O)NC(C)c1ccccc1Cl. The van der Waals surface area contributed by atoms with E-state index in [0.717, 1.165) is 0 Å². The van der Waals surface area contributed by atoms with Gasteiger partial charge in [-0.3, -0.25) is 10.1 Å². The third-order valence-electron chi connectivity index (χ3n) is 3.45. The van der Waals surface area contributed by atoms with Gasteiger partial charge in [0.2, 0.25) is 10.0 Å². The van der Waals surface area contributed by atoms with Gasteiger partial charge in [0.25, 0.3) is 5.69 Å². The Bertz CT molecular complexity index is 852. The van der Waals surface area contributed by atoms with Crippen molar-refractivity contribution in [2.24, 2.45) is 0 Å². The van der Waals surface area contributed by atoms with Crippen molar-refractivity contribution >= 4 is 27.3 Å². The highest BCUT2D eigenvalue weighted by atomic mass is 35.5. The van der Waals surface area contributed by atoms with Gasteiger partial charge in [-0.2, -0.15) is 0 Å². The molecular formula is C15H15ClN2O4S. The van der Waals surface area contributed by atoms with Crippen LogP contribution in [0, 0.1) is 17.0 Å². The van der Waals surface area contributed by atoms with Gasteiger partial charge in [0.1, 0.15) is 0 Å². The van der Waals surface area contributed by atoms with Crippen molar-refractivity contribution in [1.82, 2.24) is 4.72 Å². The first-order valence-corrected chi connectivity index (χ1v) is 8.61. The van der Waals surface area contributed by atoms with Crippen LogP contribution in [0.3, 0.4) is 0 Å². The molecule has 0 aliphatic rings. The molecule has 0 aromatic heterocycles. The van der Waals surface area contributed by atoms with Gasteiger partial charge < -0.3 is 0 Å². The van der Waals surface area contributed by atoms with Gasteiger partial charge in [0, 0.05) is 22.7 Å². The molecule has 0 heterocycles. The number of nitro groups is 1. The number of benzene rings is 2. The van der Waals surface area contributed by atoms with Crippen LogP contribution in [-0.4, -0.2) is 13.3 Å². The lowest BCUT2D eigenvalue weighted by molar-refractivity contribution is -0.385. The average molecular weight is 355 g/mol. The molecule has 0 fully saturated rings. The highest BCUT2D eigenvalue weighted by Gasteiger charge is 2.25. The van der Waals surface area contributed by atoms with Crippen LogP contribution in [0.25, 0.3) is 0 Å². The second-order valence-corrected chi connectivity index (χ2v) is 7.11. The number of sulfonamides is 1. The summed E-state index contributed by atoms with van der Waals surface area (Å²) >= 11 is 6.07. The Labute approximate surface area is 139 Å². The van der Waals surface area contributed by atoms with Crippen LogP contribution in [-0.2, 0) is 10.0 Å². The fourth-order valence-corrected chi connectivity index (χ4v) is 4.06. The molecule has 1 atom stereocenters. The van der Waals surface area contributed by atoms with Crippen LogP contribution in [0.5, 0.6) is 0 Å². The summed E-state index contributed by atoms with van der Waals surface area (Å²) in [7, 11) is -3.92. The average Bonchev–Trinajstić information content (AvgIpc) is 2.46. The predicted molar refractivity (Wildman–Crippen MR) is 88.0 cm³/mol. The van der Waals surface area contributed by atoms with Crippen molar-refractivity contribution < 1.29 is 13.3 Å². The Morgan fingerprint density at radius 2 is 1.83 bits per heavy atom. The molecule has 0 amide bonds. The van der Waals surface area contributed by atoms with E-state index < -0.39 is 21.0 Å². The molecule has 122 valence electrons. The fourth-order valence-electron chi connectivity index (χ4n) is 2.28. The molecule has 23 heavy (non-hydrogen) atoms. The highest BCUT2D eigenvalue weighted by molar-refractivity contribution is 7.89. The number of nitrogens with one attached hydrogen (secondary N) is 1. The van der Waals surface area contributed by atoms with Crippen molar-refractivity contribution in [3.05, 3.63) is 68.7 Å². The highest BCUT2D eigenvalue weighted by Crippen LogP contribution is 2.27. The van der Waals surface area contributed by atoms with E-state index in [2.05, 4.69) is 4.72 Å². The van der Waals surface area contributed by atoms with E-state index in [0.29, 0.717) is 10.6 Å². The van der Waals surface area contributed by atoms with Crippen molar-refractivity contribution in [2.45, 2.75) is 24.8 Å². The maximum Gasteiger partial charge on any atom is 0.273 e. The first-order chi connectivity index (χ1) is 10.7.